The summed E-state index contributed by atoms with van der Waals surface area (Å²) in [6.45, 7) is 0.475. The number of benzene rings is 1. The molecule has 1 unspecified atom stereocenters. The van der Waals surface area contributed by atoms with Crippen LogP contribution in [-0.4, -0.2) is 21.4 Å². The maximum atomic E-state index is 13.4. The number of nitrogens with zero attached hydrogens (tertiary/aromatic N) is 2. The average Bonchev–Trinajstić information content (AvgIpc) is 2.75. The van der Waals surface area contributed by atoms with Crippen molar-refractivity contribution in [1.82, 2.24) is 15.1 Å². The zero-order valence-electron chi connectivity index (χ0n) is 10.5. The van der Waals surface area contributed by atoms with Gasteiger partial charge in [0.05, 0.1) is 17.4 Å². The zero-order valence-corrected chi connectivity index (χ0v) is 10.5. The van der Waals surface area contributed by atoms with E-state index < -0.39 is 17.7 Å². The van der Waals surface area contributed by atoms with Gasteiger partial charge >= 0.3 is 0 Å². The maximum Gasteiger partial charge on any atom is 0.131 e. The predicted octanol–water partition coefficient (Wildman–Crippen LogP) is 1.52. The van der Waals surface area contributed by atoms with Crippen LogP contribution in [0.15, 0.2) is 30.5 Å². The number of aliphatic hydroxyl groups excluding tert-OH is 1. The third-order valence-corrected chi connectivity index (χ3v) is 2.75. The van der Waals surface area contributed by atoms with E-state index in [1.54, 1.807) is 17.9 Å². The van der Waals surface area contributed by atoms with E-state index >= 15 is 0 Å². The van der Waals surface area contributed by atoms with Crippen molar-refractivity contribution in [2.45, 2.75) is 12.6 Å². The second kappa shape index (κ2) is 5.90. The van der Waals surface area contributed by atoms with Crippen molar-refractivity contribution in [3.8, 4) is 0 Å². The van der Waals surface area contributed by atoms with Crippen LogP contribution in [0, 0.1) is 11.6 Å². The third kappa shape index (κ3) is 3.36. The molecule has 1 aromatic heterocycles. The van der Waals surface area contributed by atoms with Gasteiger partial charge in [0.1, 0.15) is 11.6 Å². The molecule has 0 aliphatic rings. The number of halogens is 2. The smallest absolute Gasteiger partial charge is 0.131 e. The molecule has 0 radical (unpaired) electrons. The molecule has 102 valence electrons. The molecule has 0 fully saturated rings. The molecule has 1 heterocycles. The van der Waals surface area contributed by atoms with E-state index in [-0.39, 0.29) is 12.1 Å². The maximum absolute atomic E-state index is 13.4. The van der Waals surface area contributed by atoms with E-state index in [0.29, 0.717) is 6.54 Å². The molecule has 2 N–H and O–H groups in total. The molecule has 2 rings (SSSR count). The summed E-state index contributed by atoms with van der Waals surface area (Å²) in [5.41, 5.74) is 0.486. The van der Waals surface area contributed by atoms with Crippen molar-refractivity contribution in [2.24, 2.45) is 7.05 Å². The van der Waals surface area contributed by atoms with Crippen molar-refractivity contribution in [3.63, 3.8) is 0 Å². The highest BCUT2D eigenvalue weighted by Crippen LogP contribution is 2.19. The van der Waals surface area contributed by atoms with E-state index in [1.165, 1.54) is 6.07 Å². The van der Waals surface area contributed by atoms with Crippen molar-refractivity contribution >= 4 is 0 Å². The third-order valence-electron chi connectivity index (χ3n) is 2.75. The number of hydrogen-bond donors (Lipinski definition) is 2. The Kier molecular flexibility index (Phi) is 4.24. The van der Waals surface area contributed by atoms with Gasteiger partial charge in [-0.1, -0.05) is 6.07 Å². The lowest BCUT2D eigenvalue weighted by Gasteiger charge is -2.13. The zero-order chi connectivity index (χ0) is 13.8. The van der Waals surface area contributed by atoms with Crippen LogP contribution in [0.4, 0.5) is 8.78 Å². The Morgan fingerprint density at radius 1 is 1.32 bits per heavy atom. The van der Waals surface area contributed by atoms with Crippen molar-refractivity contribution in [2.75, 3.05) is 6.54 Å². The molecule has 1 aromatic carbocycles. The van der Waals surface area contributed by atoms with Gasteiger partial charge in [-0.05, 0) is 18.2 Å². The van der Waals surface area contributed by atoms with Crippen LogP contribution in [-0.2, 0) is 13.6 Å². The second-order valence-electron chi connectivity index (χ2n) is 4.26. The van der Waals surface area contributed by atoms with E-state index in [9.17, 15) is 13.9 Å². The predicted molar refractivity (Wildman–Crippen MR) is 66.2 cm³/mol. The highest BCUT2D eigenvalue weighted by atomic mass is 19.1. The summed E-state index contributed by atoms with van der Waals surface area (Å²) in [7, 11) is 1.80. The van der Waals surface area contributed by atoms with Gasteiger partial charge < -0.3 is 10.4 Å². The van der Waals surface area contributed by atoms with Gasteiger partial charge in [0.2, 0.25) is 0 Å². The Hall–Kier alpha value is -1.79. The van der Waals surface area contributed by atoms with E-state index in [0.717, 1.165) is 17.8 Å². The monoisotopic (exact) mass is 267 g/mol. The number of rotatable bonds is 5. The Bertz CT molecular complexity index is 536. The van der Waals surface area contributed by atoms with Crippen LogP contribution in [0.1, 0.15) is 17.4 Å². The van der Waals surface area contributed by atoms with Crippen molar-refractivity contribution in [3.05, 3.63) is 53.4 Å². The molecule has 0 spiro atoms. The van der Waals surface area contributed by atoms with Crippen LogP contribution in [0.3, 0.4) is 0 Å². The van der Waals surface area contributed by atoms with Gasteiger partial charge in [0.15, 0.2) is 0 Å². The lowest BCUT2D eigenvalue weighted by Crippen LogP contribution is -2.22. The highest BCUT2D eigenvalue weighted by Gasteiger charge is 2.17. The summed E-state index contributed by atoms with van der Waals surface area (Å²) in [4.78, 5) is 0. The summed E-state index contributed by atoms with van der Waals surface area (Å²) in [6.07, 6.45) is 0.564. The topological polar surface area (TPSA) is 50.1 Å². The fourth-order valence-corrected chi connectivity index (χ4v) is 1.83. The van der Waals surface area contributed by atoms with Crippen LogP contribution >= 0.6 is 0 Å². The Labute approximate surface area is 109 Å². The van der Waals surface area contributed by atoms with E-state index in [4.69, 9.17) is 0 Å². The lowest BCUT2D eigenvalue weighted by atomic mass is 10.1. The van der Waals surface area contributed by atoms with Gasteiger partial charge in [-0.25, -0.2) is 8.78 Å². The number of nitrogens with one attached hydrogen (secondary N) is 1. The molecule has 0 saturated carbocycles. The molecule has 19 heavy (non-hydrogen) atoms. The number of aryl methyl sites for hydroxylation is 1. The summed E-state index contributed by atoms with van der Waals surface area (Å²) < 4.78 is 28.5. The molecule has 0 bridgehead atoms. The number of aliphatic hydroxyl groups is 1. The minimum atomic E-state index is -1.23. The molecule has 2 aromatic rings. The summed E-state index contributed by atoms with van der Waals surface area (Å²) in [5, 5.41) is 16.8. The van der Waals surface area contributed by atoms with Gasteiger partial charge in [0.25, 0.3) is 0 Å². The average molecular weight is 267 g/mol. The largest absolute Gasteiger partial charge is 0.387 e. The van der Waals surface area contributed by atoms with Crippen molar-refractivity contribution < 1.29 is 13.9 Å². The lowest BCUT2D eigenvalue weighted by molar-refractivity contribution is 0.164. The molecule has 0 amide bonds. The first kappa shape index (κ1) is 13.6. The Morgan fingerprint density at radius 2 is 2.00 bits per heavy atom. The molecule has 0 aliphatic heterocycles. The fraction of sp³-hybridized carbons (Fsp3) is 0.308. The first-order valence-corrected chi connectivity index (χ1v) is 5.89. The first-order valence-electron chi connectivity index (χ1n) is 5.89. The van der Waals surface area contributed by atoms with Gasteiger partial charge in [-0.2, -0.15) is 5.10 Å². The molecular formula is C13H15F2N3O. The summed E-state index contributed by atoms with van der Waals surface area (Å²) >= 11 is 0. The fourth-order valence-electron chi connectivity index (χ4n) is 1.83. The normalized spacial score (nSPS) is 12.6. The highest BCUT2D eigenvalue weighted by molar-refractivity contribution is 5.22. The van der Waals surface area contributed by atoms with E-state index in [2.05, 4.69) is 10.4 Å². The molecule has 1 atom stereocenters. The minimum Gasteiger partial charge on any atom is -0.387 e. The first-order chi connectivity index (χ1) is 9.08. The molecule has 0 saturated heterocycles. The number of aromatic nitrogens is 2. The van der Waals surface area contributed by atoms with Crippen molar-refractivity contribution in [1.29, 1.82) is 0 Å². The Morgan fingerprint density at radius 3 is 2.58 bits per heavy atom. The Balaban J connectivity index is 1.92. The van der Waals surface area contributed by atoms with Crippen LogP contribution in [0.25, 0.3) is 0 Å². The van der Waals surface area contributed by atoms with Gasteiger partial charge in [0, 0.05) is 26.3 Å². The van der Waals surface area contributed by atoms with Gasteiger partial charge in [-0.3, -0.25) is 4.68 Å². The molecule has 0 aliphatic carbocycles. The van der Waals surface area contributed by atoms with Crippen LogP contribution in [0.2, 0.25) is 0 Å². The summed E-state index contributed by atoms with van der Waals surface area (Å²) in [5.74, 6) is -1.49. The summed E-state index contributed by atoms with van der Waals surface area (Å²) in [6, 6.07) is 5.34. The quantitative estimate of drug-likeness (QED) is 0.863. The molecule has 4 nitrogen and oxygen atoms in total. The van der Waals surface area contributed by atoms with Gasteiger partial charge in [-0.15, -0.1) is 0 Å². The molecular weight excluding hydrogens is 252 g/mol. The standard InChI is InChI=1S/C13H15F2N3O/c1-18-6-5-9(17-18)7-16-8-12(19)13-10(14)3-2-4-11(13)15/h2-6,12,16,19H,7-8H2,1H3. The minimum absolute atomic E-state index is 0.0500. The second-order valence-corrected chi connectivity index (χ2v) is 4.26. The van der Waals surface area contributed by atoms with Crippen LogP contribution < -0.4 is 5.32 Å². The number of hydrogen-bond acceptors (Lipinski definition) is 3. The SMILES string of the molecule is Cn1ccc(CNCC(O)c2c(F)cccc2F)n1. The van der Waals surface area contributed by atoms with Crippen LogP contribution in [0.5, 0.6) is 0 Å². The van der Waals surface area contributed by atoms with E-state index in [1.807, 2.05) is 6.07 Å². The molecule has 6 heteroatoms.